The number of carbonyl (C=O) groups excluding carboxylic acids is 2. The van der Waals surface area contributed by atoms with Crippen LogP contribution in [0.5, 0.6) is 23.0 Å². The van der Waals surface area contributed by atoms with Crippen molar-refractivity contribution in [3.05, 3.63) is 87.5 Å². The predicted octanol–water partition coefficient (Wildman–Crippen LogP) is 3.32. The van der Waals surface area contributed by atoms with Gasteiger partial charge in [0.15, 0.2) is 11.5 Å². The molecular weight excluding hydrogens is 446 g/mol. The molecule has 0 atom stereocenters. The van der Waals surface area contributed by atoms with Gasteiger partial charge in [-0.2, -0.15) is 5.10 Å². The minimum absolute atomic E-state index is 0.0286. The summed E-state index contributed by atoms with van der Waals surface area (Å²) < 4.78 is 20.9. The van der Waals surface area contributed by atoms with E-state index in [4.69, 9.17) is 18.9 Å². The standard InChI is InChI=1S/C23H17N3O8/c1-31-17-8-5-14(6-9-17)22(27)25-24-12-16-3-2-4-18(26(29)30)21(16)34-23(28)15-7-10-19-20(11-15)33-13-32-19/h2-12H,13H2,1H3,(H,25,27)/b24-12+. The molecule has 172 valence electrons. The summed E-state index contributed by atoms with van der Waals surface area (Å²) >= 11 is 0. The summed E-state index contributed by atoms with van der Waals surface area (Å²) in [4.78, 5) is 35.8. The number of hydrogen-bond acceptors (Lipinski definition) is 9. The van der Waals surface area contributed by atoms with Crippen LogP contribution in [-0.4, -0.2) is 36.9 Å². The molecule has 0 saturated heterocycles. The fourth-order valence-electron chi connectivity index (χ4n) is 3.04. The lowest BCUT2D eigenvalue weighted by Crippen LogP contribution is -2.17. The fourth-order valence-corrected chi connectivity index (χ4v) is 3.04. The molecule has 1 heterocycles. The molecule has 11 nitrogen and oxygen atoms in total. The van der Waals surface area contributed by atoms with Crippen LogP contribution in [0.1, 0.15) is 26.3 Å². The number of nitrogens with zero attached hydrogens (tertiary/aromatic N) is 2. The highest BCUT2D eigenvalue weighted by Crippen LogP contribution is 2.34. The maximum atomic E-state index is 12.7. The normalized spacial score (nSPS) is 11.8. The van der Waals surface area contributed by atoms with Crippen LogP contribution in [0.3, 0.4) is 0 Å². The van der Waals surface area contributed by atoms with Gasteiger partial charge in [0.05, 0.1) is 23.8 Å². The number of fused-ring (bicyclic) bond motifs is 1. The van der Waals surface area contributed by atoms with Crippen LogP contribution < -0.4 is 24.4 Å². The molecule has 0 unspecified atom stereocenters. The average molecular weight is 463 g/mol. The van der Waals surface area contributed by atoms with Gasteiger partial charge in [-0.3, -0.25) is 14.9 Å². The number of hydrazone groups is 1. The molecule has 0 aliphatic carbocycles. The number of amides is 1. The molecule has 0 saturated carbocycles. The second kappa shape index (κ2) is 9.69. The van der Waals surface area contributed by atoms with Gasteiger partial charge in [0.1, 0.15) is 5.75 Å². The van der Waals surface area contributed by atoms with E-state index in [9.17, 15) is 19.7 Å². The lowest BCUT2D eigenvalue weighted by Gasteiger charge is -2.08. The van der Waals surface area contributed by atoms with E-state index in [2.05, 4.69) is 10.5 Å². The number of esters is 1. The van der Waals surface area contributed by atoms with Crippen LogP contribution in [0.25, 0.3) is 0 Å². The first-order valence-electron chi connectivity index (χ1n) is 9.83. The van der Waals surface area contributed by atoms with Crippen LogP contribution in [0.4, 0.5) is 5.69 Å². The summed E-state index contributed by atoms with van der Waals surface area (Å²) in [5.41, 5.74) is 2.42. The molecule has 0 spiro atoms. The van der Waals surface area contributed by atoms with Gasteiger partial charge in [0.25, 0.3) is 5.91 Å². The molecular formula is C23H17N3O8. The third-order valence-corrected chi connectivity index (χ3v) is 4.75. The van der Waals surface area contributed by atoms with Gasteiger partial charge in [0, 0.05) is 17.2 Å². The molecule has 0 radical (unpaired) electrons. The zero-order valence-electron chi connectivity index (χ0n) is 17.7. The largest absolute Gasteiger partial charge is 0.497 e. The van der Waals surface area contributed by atoms with Crippen LogP contribution in [0, 0.1) is 10.1 Å². The van der Waals surface area contributed by atoms with Gasteiger partial charge in [-0.05, 0) is 48.5 Å². The summed E-state index contributed by atoms with van der Waals surface area (Å²) in [5.74, 6) is -0.251. The number of methoxy groups -OCH3 is 1. The molecule has 1 amide bonds. The van der Waals surface area contributed by atoms with E-state index in [1.165, 1.54) is 43.5 Å². The van der Waals surface area contributed by atoms with Crippen molar-refractivity contribution in [2.75, 3.05) is 13.9 Å². The summed E-state index contributed by atoms with van der Waals surface area (Å²) in [6.45, 7) is 0.0286. The zero-order chi connectivity index (χ0) is 24.1. The molecule has 4 rings (SSSR count). The Morgan fingerprint density at radius 1 is 1.06 bits per heavy atom. The Kier molecular flexibility index (Phi) is 6.35. The third kappa shape index (κ3) is 4.78. The number of benzene rings is 3. The summed E-state index contributed by atoms with van der Waals surface area (Å²) in [6, 6.07) is 14.8. The first-order chi connectivity index (χ1) is 16.5. The van der Waals surface area contributed by atoms with Crippen LogP contribution in [0.15, 0.2) is 65.8 Å². The van der Waals surface area contributed by atoms with Gasteiger partial charge in [-0.1, -0.05) is 6.07 Å². The zero-order valence-corrected chi connectivity index (χ0v) is 17.7. The van der Waals surface area contributed by atoms with Gasteiger partial charge < -0.3 is 18.9 Å². The SMILES string of the molecule is COc1ccc(C(=O)N/N=C/c2cccc([N+](=O)[O-])c2OC(=O)c2ccc3c(c2)OCO3)cc1. The number of ether oxygens (including phenoxy) is 4. The highest BCUT2D eigenvalue weighted by atomic mass is 16.7. The maximum Gasteiger partial charge on any atom is 0.343 e. The van der Waals surface area contributed by atoms with Gasteiger partial charge >= 0.3 is 11.7 Å². The van der Waals surface area contributed by atoms with Crippen molar-refractivity contribution < 1.29 is 33.5 Å². The molecule has 34 heavy (non-hydrogen) atoms. The number of nitro groups is 1. The fraction of sp³-hybridized carbons (Fsp3) is 0.0870. The molecule has 11 heteroatoms. The molecule has 3 aromatic rings. The van der Waals surface area contributed by atoms with Crippen molar-refractivity contribution in [2.24, 2.45) is 5.10 Å². The number of hydrogen-bond donors (Lipinski definition) is 1. The Bertz CT molecular complexity index is 1290. The van der Waals surface area contributed by atoms with E-state index < -0.39 is 22.5 Å². The van der Waals surface area contributed by atoms with Crippen LogP contribution in [0.2, 0.25) is 0 Å². The highest BCUT2D eigenvalue weighted by Gasteiger charge is 2.24. The number of nitro benzene ring substituents is 1. The van der Waals surface area contributed by atoms with Crippen LogP contribution >= 0.6 is 0 Å². The number of carbonyl (C=O) groups is 2. The minimum Gasteiger partial charge on any atom is -0.497 e. The number of rotatable bonds is 7. The Morgan fingerprint density at radius 3 is 2.53 bits per heavy atom. The second-order valence-corrected chi connectivity index (χ2v) is 6.84. The predicted molar refractivity (Wildman–Crippen MR) is 119 cm³/mol. The second-order valence-electron chi connectivity index (χ2n) is 6.84. The molecule has 3 aromatic carbocycles. The number of nitrogens with one attached hydrogen (secondary N) is 1. The van der Waals surface area contributed by atoms with Crippen molar-refractivity contribution in [3.63, 3.8) is 0 Å². The van der Waals surface area contributed by atoms with E-state index in [1.807, 2.05) is 0 Å². The molecule has 1 aliphatic rings. The molecule has 1 aliphatic heterocycles. The number of para-hydroxylation sites is 1. The Morgan fingerprint density at radius 2 is 1.79 bits per heavy atom. The summed E-state index contributed by atoms with van der Waals surface area (Å²) in [6.07, 6.45) is 1.15. The quantitative estimate of drug-likeness (QED) is 0.185. The van der Waals surface area contributed by atoms with Crippen LogP contribution in [-0.2, 0) is 0 Å². The Hall–Kier alpha value is -4.93. The summed E-state index contributed by atoms with van der Waals surface area (Å²) in [7, 11) is 1.51. The van der Waals surface area contributed by atoms with E-state index in [1.54, 1.807) is 24.3 Å². The molecule has 0 aromatic heterocycles. The lowest BCUT2D eigenvalue weighted by atomic mass is 10.1. The minimum atomic E-state index is -0.843. The van der Waals surface area contributed by atoms with Crippen molar-refractivity contribution in [3.8, 4) is 23.0 Å². The van der Waals surface area contributed by atoms with E-state index in [0.717, 1.165) is 6.21 Å². The van der Waals surface area contributed by atoms with Gasteiger partial charge in [0.2, 0.25) is 12.5 Å². The van der Waals surface area contributed by atoms with Gasteiger partial charge in [-0.15, -0.1) is 0 Å². The molecule has 0 fully saturated rings. The average Bonchev–Trinajstić information content (AvgIpc) is 3.32. The van der Waals surface area contributed by atoms with E-state index >= 15 is 0 Å². The van der Waals surface area contributed by atoms with Crippen molar-refractivity contribution in [1.82, 2.24) is 5.43 Å². The van der Waals surface area contributed by atoms with E-state index in [0.29, 0.717) is 22.8 Å². The summed E-state index contributed by atoms with van der Waals surface area (Å²) in [5, 5.41) is 15.4. The van der Waals surface area contributed by atoms with Crippen molar-refractivity contribution in [2.45, 2.75) is 0 Å². The monoisotopic (exact) mass is 463 g/mol. The third-order valence-electron chi connectivity index (χ3n) is 4.75. The Balaban J connectivity index is 1.54. The smallest absolute Gasteiger partial charge is 0.343 e. The van der Waals surface area contributed by atoms with E-state index in [-0.39, 0.29) is 23.7 Å². The first kappa shape index (κ1) is 22.3. The first-order valence-corrected chi connectivity index (χ1v) is 9.83. The lowest BCUT2D eigenvalue weighted by molar-refractivity contribution is -0.385. The van der Waals surface area contributed by atoms with Crippen molar-refractivity contribution >= 4 is 23.8 Å². The van der Waals surface area contributed by atoms with Crippen molar-refractivity contribution in [1.29, 1.82) is 0 Å². The maximum absolute atomic E-state index is 12.7. The molecule has 0 bridgehead atoms. The van der Waals surface area contributed by atoms with Gasteiger partial charge in [-0.25, -0.2) is 10.2 Å². The highest BCUT2D eigenvalue weighted by molar-refractivity contribution is 5.97. The topological polar surface area (TPSA) is 139 Å². The molecule has 1 N–H and O–H groups in total. The Labute approximate surface area is 192 Å².